The summed E-state index contributed by atoms with van der Waals surface area (Å²) in [5.74, 6) is 0.591. The minimum Gasteiger partial charge on any atom is -0.485 e. The molecule has 0 aliphatic rings. The number of benzene rings is 2. The second-order valence-corrected chi connectivity index (χ2v) is 6.17. The Bertz CT molecular complexity index is 946. The van der Waals surface area contributed by atoms with Crippen molar-refractivity contribution in [1.82, 2.24) is 9.55 Å². The van der Waals surface area contributed by atoms with E-state index in [-0.39, 0.29) is 5.56 Å². The van der Waals surface area contributed by atoms with Gasteiger partial charge in [-0.25, -0.2) is 9.78 Å². The number of nitrogens with zero attached hydrogens (tertiary/aromatic N) is 2. The van der Waals surface area contributed by atoms with Gasteiger partial charge in [0.1, 0.15) is 18.2 Å². The Morgan fingerprint density at radius 1 is 1.23 bits per heavy atom. The molecule has 2 aromatic carbocycles. The van der Waals surface area contributed by atoms with Gasteiger partial charge in [-0.15, -0.1) is 0 Å². The molecule has 0 fully saturated rings. The molecule has 0 atom stereocenters. The Kier molecular flexibility index (Phi) is 5.23. The maximum absolute atomic E-state index is 11.2. The molecular formula is C20H22N2O4. The number of aromatic carboxylic acids is 1. The van der Waals surface area contributed by atoms with E-state index >= 15 is 0 Å². The highest BCUT2D eigenvalue weighted by Crippen LogP contribution is 2.23. The number of hydrogen-bond acceptors (Lipinski definition) is 4. The number of aromatic nitrogens is 2. The van der Waals surface area contributed by atoms with Crippen LogP contribution in [0.5, 0.6) is 5.75 Å². The summed E-state index contributed by atoms with van der Waals surface area (Å²) in [6.45, 7) is 5.51. The van der Waals surface area contributed by atoms with Gasteiger partial charge >= 0.3 is 5.97 Å². The first-order valence-electron chi connectivity index (χ1n) is 8.41. The van der Waals surface area contributed by atoms with Crippen molar-refractivity contribution in [2.45, 2.75) is 27.0 Å². The van der Waals surface area contributed by atoms with Gasteiger partial charge in [0, 0.05) is 13.7 Å². The summed E-state index contributed by atoms with van der Waals surface area (Å²) in [5, 5.41) is 9.19. The molecule has 0 aliphatic carbocycles. The number of rotatable bonds is 7. The molecule has 0 saturated carbocycles. The van der Waals surface area contributed by atoms with E-state index < -0.39 is 5.97 Å². The predicted octanol–water partition coefficient (Wildman–Crippen LogP) is 3.58. The lowest BCUT2D eigenvalue weighted by Gasteiger charge is -2.12. The van der Waals surface area contributed by atoms with Crippen LogP contribution in [0.15, 0.2) is 36.4 Å². The van der Waals surface area contributed by atoms with Crippen LogP contribution in [0.25, 0.3) is 11.0 Å². The highest BCUT2D eigenvalue weighted by molar-refractivity contribution is 5.92. The van der Waals surface area contributed by atoms with Crippen molar-refractivity contribution in [2.75, 3.05) is 13.7 Å². The minimum absolute atomic E-state index is 0.218. The molecule has 26 heavy (non-hydrogen) atoms. The number of carbonyl (C=O) groups is 1. The smallest absolute Gasteiger partial charge is 0.335 e. The zero-order chi connectivity index (χ0) is 18.7. The summed E-state index contributed by atoms with van der Waals surface area (Å²) < 4.78 is 13.2. The summed E-state index contributed by atoms with van der Waals surface area (Å²) in [6.07, 6.45) is 0. The number of imidazole rings is 1. The van der Waals surface area contributed by atoms with E-state index in [1.54, 1.807) is 25.3 Å². The van der Waals surface area contributed by atoms with E-state index in [4.69, 9.17) is 9.47 Å². The van der Waals surface area contributed by atoms with Crippen molar-refractivity contribution in [3.63, 3.8) is 0 Å². The number of carboxylic acid groups (broad SMARTS) is 1. The van der Waals surface area contributed by atoms with Gasteiger partial charge < -0.3 is 19.1 Å². The fraction of sp³-hybridized carbons (Fsp3) is 0.300. The van der Waals surface area contributed by atoms with Crippen LogP contribution in [0.2, 0.25) is 0 Å². The van der Waals surface area contributed by atoms with E-state index in [0.717, 1.165) is 22.7 Å². The number of methoxy groups -OCH3 is 1. The minimum atomic E-state index is -0.966. The van der Waals surface area contributed by atoms with E-state index in [1.165, 1.54) is 5.56 Å². The Morgan fingerprint density at radius 2 is 2.04 bits per heavy atom. The summed E-state index contributed by atoms with van der Waals surface area (Å²) in [4.78, 5) is 15.8. The quantitative estimate of drug-likeness (QED) is 0.702. The number of ether oxygens (including phenoxy) is 2. The van der Waals surface area contributed by atoms with Gasteiger partial charge in [-0.05, 0) is 49.2 Å². The molecule has 1 aromatic heterocycles. The molecule has 136 valence electrons. The first-order chi connectivity index (χ1) is 12.5. The Balaban J connectivity index is 1.94. The lowest BCUT2D eigenvalue weighted by molar-refractivity contribution is 0.0697. The molecule has 0 amide bonds. The van der Waals surface area contributed by atoms with Gasteiger partial charge in [-0.2, -0.15) is 0 Å². The summed E-state index contributed by atoms with van der Waals surface area (Å²) in [7, 11) is 1.65. The third-order valence-corrected chi connectivity index (χ3v) is 4.50. The molecule has 1 N–H and O–H groups in total. The third kappa shape index (κ3) is 3.55. The van der Waals surface area contributed by atoms with Crippen molar-refractivity contribution in [1.29, 1.82) is 0 Å². The molecule has 0 unspecified atom stereocenters. The van der Waals surface area contributed by atoms with Crippen LogP contribution in [-0.2, 0) is 17.9 Å². The number of hydrogen-bond donors (Lipinski definition) is 1. The zero-order valence-corrected chi connectivity index (χ0v) is 15.2. The first kappa shape index (κ1) is 17.9. The topological polar surface area (TPSA) is 73.6 Å². The van der Waals surface area contributed by atoms with Gasteiger partial charge in [0.25, 0.3) is 0 Å². The SMILES string of the molecule is COCCn1c(COc2cccc(C)c2C)nc2cc(C(=O)O)ccc21. The molecule has 1 heterocycles. The third-order valence-electron chi connectivity index (χ3n) is 4.50. The maximum atomic E-state index is 11.2. The van der Waals surface area contributed by atoms with Gasteiger partial charge in [0.15, 0.2) is 0 Å². The molecule has 0 saturated heterocycles. The van der Waals surface area contributed by atoms with Crippen LogP contribution >= 0.6 is 0 Å². The van der Waals surface area contributed by atoms with Gasteiger partial charge in [0.05, 0.1) is 23.2 Å². The van der Waals surface area contributed by atoms with Gasteiger partial charge in [0.2, 0.25) is 0 Å². The normalized spacial score (nSPS) is 11.0. The van der Waals surface area contributed by atoms with Crippen LogP contribution in [0.1, 0.15) is 27.3 Å². The molecule has 0 radical (unpaired) electrons. The maximum Gasteiger partial charge on any atom is 0.335 e. The van der Waals surface area contributed by atoms with Crippen LogP contribution in [0.3, 0.4) is 0 Å². The Morgan fingerprint density at radius 3 is 2.77 bits per heavy atom. The number of fused-ring (bicyclic) bond motifs is 1. The molecule has 0 spiro atoms. The average molecular weight is 354 g/mol. The predicted molar refractivity (Wildman–Crippen MR) is 98.8 cm³/mol. The van der Waals surface area contributed by atoms with Gasteiger partial charge in [-0.1, -0.05) is 12.1 Å². The molecule has 3 rings (SSSR count). The van der Waals surface area contributed by atoms with Crippen LogP contribution in [0.4, 0.5) is 0 Å². The van der Waals surface area contributed by atoms with Crippen molar-refractivity contribution in [3.05, 3.63) is 58.9 Å². The monoisotopic (exact) mass is 354 g/mol. The lowest BCUT2D eigenvalue weighted by atomic mass is 10.1. The van der Waals surface area contributed by atoms with Crippen LogP contribution < -0.4 is 4.74 Å². The zero-order valence-electron chi connectivity index (χ0n) is 15.2. The number of carboxylic acids is 1. The second kappa shape index (κ2) is 7.58. The summed E-state index contributed by atoms with van der Waals surface area (Å²) >= 11 is 0. The van der Waals surface area contributed by atoms with E-state index in [2.05, 4.69) is 4.98 Å². The van der Waals surface area contributed by atoms with Crippen molar-refractivity contribution in [3.8, 4) is 5.75 Å². The molecule has 0 bridgehead atoms. The molecule has 3 aromatic rings. The fourth-order valence-corrected chi connectivity index (χ4v) is 2.88. The van der Waals surface area contributed by atoms with Crippen molar-refractivity contribution >= 4 is 17.0 Å². The largest absolute Gasteiger partial charge is 0.485 e. The standard InChI is InChI=1S/C20H22N2O4/c1-13-5-4-6-18(14(13)2)26-12-19-21-16-11-15(20(23)24)7-8-17(16)22(19)9-10-25-3/h4-8,11H,9-10,12H2,1-3H3,(H,23,24). The average Bonchev–Trinajstić information content (AvgIpc) is 2.97. The lowest BCUT2D eigenvalue weighted by Crippen LogP contribution is -2.11. The summed E-state index contributed by atoms with van der Waals surface area (Å²) in [6, 6.07) is 10.9. The first-order valence-corrected chi connectivity index (χ1v) is 8.41. The number of aryl methyl sites for hydroxylation is 1. The van der Waals surface area contributed by atoms with Crippen molar-refractivity contribution in [2.24, 2.45) is 0 Å². The van der Waals surface area contributed by atoms with Crippen LogP contribution in [0, 0.1) is 13.8 Å². The highest BCUT2D eigenvalue weighted by Gasteiger charge is 2.14. The van der Waals surface area contributed by atoms with E-state index in [0.29, 0.717) is 25.3 Å². The fourth-order valence-electron chi connectivity index (χ4n) is 2.88. The molecule has 6 heteroatoms. The second-order valence-electron chi connectivity index (χ2n) is 6.17. The molecular weight excluding hydrogens is 332 g/mol. The van der Waals surface area contributed by atoms with Crippen molar-refractivity contribution < 1.29 is 19.4 Å². The van der Waals surface area contributed by atoms with E-state index in [1.807, 2.05) is 36.6 Å². The molecule has 0 aliphatic heterocycles. The van der Waals surface area contributed by atoms with Crippen LogP contribution in [-0.4, -0.2) is 34.3 Å². The Labute approximate surface area is 152 Å². The van der Waals surface area contributed by atoms with Gasteiger partial charge in [-0.3, -0.25) is 0 Å². The highest BCUT2D eigenvalue weighted by atomic mass is 16.5. The van der Waals surface area contributed by atoms with E-state index in [9.17, 15) is 9.90 Å². The summed E-state index contributed by atoms with van der Waals surface area (Å²) in [5.41, 5.74) is 3.99. The molecule has 6 nitrogen and oxygen atoms in total. The Hall–Kier alpha value is -2.86.